The van der Waals surface area contributed by atoms with Crippen LogP contribution in [0.1, 0.15) is 61.8 Å². The molecule has 5 nitrogen and oxygen atoms in total. The van der Waals surface area contributed by atoms with E-state index in [-0.39, 0.29) is 17.6 Å². The maximum Gasteiger partial charge on any atom is 0.127 e. The molecule has 0 spiro atoms. The van der Waals surface area contributed by atoms with Crippen LogP contribution in [0.2, 0.25) is 0 Å². The van der Waals surface area contributed by atoms with Gasteiger partial charge in [-0.1, -0.05) is 58.6 Å². The number of hydrogen-bond acceptors (Lipinski definition) is 5. The number of allylic oxidation sites excluding steroid dienone is 2. The lowest BCUT2D eigenvalue weighted by Gasteiger charge is -2.50. The van der Waals surface area contributed by atoms with Gasteiger partial charge in [0.2, 0.25) is 0 Å². The number of rotatable bonds is 9. The van der Waals surface area contributed by atoms with Crippen molar-refractivity contribution in [2.75, 3.05) is 33.4 Å². The predicted octanol–water partition coefficient (Wildman–Crippen LogP) is 5.73. The van der Waals surface area contributed by atoms with Gasteiger partial charge in [-0.15, -0.1) is 0 Å². The van der Waals surface area contributed by atoms with Gasteiger partial charge in [0.15, 0.2) is 0 Å². The fourth-order valence-corrected chi connectivity index (χ4v) is 5.13. The maximum absolute atomic E-state index is 6.32. The van der Waals surface area contributed by atoms with Crippen LogP contribution in [0, 0.1) is 5.41 Å². The topological polar surface area (TPSA) is 34.2 Å². The molecule has 0 N–H and O–H groups in total. The maximum atomic E-state index is 6.32. The average Bonchev–Trinajstić information content (AvgIpc) is 2.84. The Bertz CT molecular complexity index is 1230. The number of likely N-dealkylation sites (N-methyl/N-ethyl adjacent to an activating group) is 1. The van der Waals surface area contributed by atoms with Gasteiger partial charge >= 0.3 is 0 Å². The van der Waals surface area contributed by atoms with E-state index >= 15 is 0 Å². The Morgan fingerprint density at radius 1 is 1.16 bits per heavy atom. The van der Waals surface area contributed by atoms with Crippen molar-refractivity contribution in [2.45, 2.75) is 74.0 Å². The van der Waals surface area contributed by atoms with Crippen molar-refractivity contribution in [3.8, 4) is 5.75 Å². The summed E-state index contributed by atoms with van der Waals surface area (Å²) in [5, 5.41) is 2.33. The minimum atomic E-state index is 0.0434. The minimum absolute atomic E-state index is 0.0434. The Kier molecular flexibility index (Phi) is 9.59. The van der Waals surface area contributed by atoms with Gasteiger partial charge in [-0.25, -0.2) is 0 Å². The van der Waals surface area contributed by atoms with E-state index in [9.17, 15) is 0 Å². The lowest BCUT2D eigenvalue weighted by molar-refractivity contribution is 0.0550. The minimum Gasteiger partial charge on any atom is -0.494 e. The average molecular weight is 521 g/mol. The van der Waals surface area contributed by atoms with Gasteiger partial charge in [0.25, 0.3) is 0 Å². The van der Waals surface area contributed by atoms with E-state index in [1.807, 2.05) is 20.8 Å². The van der Waals surface area contributed by atoms with Crippen LogP contribution < -0.4 is 15.2 Å². The van der Waals surface area contributed by atoms with Gasteiger partial charge in [-0.05, 0) is 57.2 Å². The van der Waals surface area contributed by atoms with Crippen molar-refractivity contribution in [3.63, 3.8) is 0 Å². The molecule has 5 heteroatoms. The molecule has 0 amide bonds. The monoisotopic (exact) mass is 520 g/mol. The summed E-state index contributed by atoms with van der Waals surface area (Å²) in [4.78, 5) is 4.81. The van der Waals surface area contributed by atoms with Crippen LogP contribution in [0.5, 0.6) is 5.75 Å². The number of ether oxygens (including phenoxy) is 3. The summed E-state index contributed by atoms with van der Waals surface area (Å²) in [6.45, 7) is 28.5. The Morgan fingerprint density at radius 2 is 1.87 bits per heavy atom. The Balaban J connectivity index is 2.25. The summed E-state index contributed by atoms with van der Waals surface area (Å²) in [7, 11) is 2.20. The third-order valence-corrected chi connectivity index (χ3v) is 7.26. The molecule has 0 saturated carbocycles. The number of piperazine rings is 1. The zero-order valence-corrected chi connectivity index (χ0v) is 25.1. The first-order valence-electron chi connectivity index (χ1n) is 13.9. The normalized spacial score (nSPS) is 20.2. The van der Waals surface area contributed by atoms with Gasteiger partial charge in [0, 0.05) is 35.8 Å². The molecule has 3 rings (SSSR count). The quantitative estimate of drug-likeness (QED) is 0.307. The molecule has 208 valence electrons. The van der Waals surface area contributed by atoms with Crippen molar-refractivity contribution in [2.24, 2.45) is 5.41 Å². The molecule has 1 saturated heterocycles. The molecule has 2 aliphatic rings. The van der Waals surface area contributed by atoms with Gasteiger partial charge in [-0.3, -0.25) is 0 Å². The molecule has 1 aromatic rings. The van der Waals surface area contributed by atoms with E-state index in [4.69, 9.17) is 14.2 Å². The Hall–Kier alpha value is -2.92. The third-order valence-electron chi connectivity index (χ3n) is 7.26. The van der Waals surface area contributed by atoms with Crippen LogP contribution in [0.3, 0.4) is 0 Å². The molecule has 1 atom stereocenters. The number of fused-ring (bicyclic) bond motifs is 1. The molecule has 0 radical (unpaired) electrons. The van der Waals surface area contributed by atoms with Crippen LogP contribution in [0.25, 0.3) is 11.3 Å². The first-order chi connectivity index (χ1) is 17.9. The van der Waals surface area contributed by atoms with Crippen molar-refractivity contribution < 1.29 is 14.2 Å². The molecule has 0 aliphatic carbocycles. The highest BCUT2D eigenvalue weighted by Crippen LogP contribution is 2.41. The number of nitrogens with zero attached hydrogens (tertiary/aromatic N) is 2. The highest BCUT2D eigenvalue weighted by Gasteiger charge is 2.40. The zero-order valence-electron chi connectivity index (χ0n) is 25.1. The second-order valence-electron chi connectivity index (χ2n) is 11.6. The molecule has 1 unspecified atom stereocenters. The second kappa shape index (κ2) is 12.3. The van der Waals surface area contributed by atoms with E-state index in [1.54, 1.807) is 0 Å². The standard InChI is InChI=1S/C33H48N2O3/c1-12-23(5)31-26(15-14-16-29(31)38-18-17-37-22(3)4)32-28-19-24(6)27(25(7)36-13-2)20-35(28)30(21-34(32)11)33(8,9)10/h14-16,19-20,22,30H,6-7,12-13,17-18,21H2,1-5,8-11H3/b31-23?,32-26-. The molecule has 1 aromatic carbocycles. The smallest absolute Gasteiger partial charge is 0.127 e. The molecule has 1 fully saturated rings. The molecular weight excluding hydrogens is 472 g/mol. The van der Waals surface area contributed by atoms with Gasteiger partial charge in [0.1, 0.15) is 18.1 Å². The van der Waals surface area contributed by atoms with Crippen LogP contribution in [0.4, 0.5) is 0 Å². The third kappa shape index (κ3) is 6.37. The van der Waals surface area contributed by atoms with Crippen molar-refractivity contribution >= 4 is 11.3 Å². The van der Waals surface area contributed by atoms with Crippen LogP contribution in [-0.2, 0) is 9.47 Å². The Labute approximate surface area is 230 Å². The number of benzene rings is 1. The zero-order chi connectivity index (χ0) is 28.2. The molecule has 0 aromatic heterocycles. The van der Waals surface area contributed by atoms with Crippen molar-refractivity contribution in [1.29, 1.82) is 0 Å². The van der Waals surface area contributed by atoms with Gasteiger partial charge in [-0.2, -0.15) is 0 Å². The van der Waals surface area contributed by atoms with E-state index in [0.29, 0.717) is 25.6 Å². The fourth-order valence-electron chi connectivity index (χ4n) is 5.13. The van der Waals surface area contributed by atoms with E-state index in [0.717, 1.165) is 40.8 Å². The highest BCUT2D eigenvalue weighted by molar-refractivity contribution is 5.70. The van der Waals surface area contributed by atoms with Crippen LogP contribution in [0.15, 0.2) is 66.2 Å². The van der Waals surface area contributed by atoms with Gasteiger partial charge < -0.3 is 24.0 Å². The van der Waals surface area contributed by atoms with Crippen LogP contribution >= 0.6 is 0 Å². The van der Waals surface area contributed by atoms with Crippen molar-refractivity contribution in [1.82, 2.24) is 9.80 Å². The predicted molar refractivity (Wildman–Crippen MR) is 159 cm³/mol. The summed E-state index contributed by atoms with van der Waals surface area (Å²) >= 11 is 0. The van der Waals surface area contributed by atoms with Gasteiger partial charge in [0.05, 0.1) is 36.8 Å². The molecule has 38 heavy (non-hydrogen) atoms. The summed E-state index contributed by atoms with van der Waals surface area (Å²) in [6, 6.07) is 6.64. The summed E-state index contributed by atoms with van der Waals surface area (Å²) in [6.07, 6.45) is 5.51. The lowest BCUT2D eigenvalue weighted by Crippen LogP contribution is -2.55. The first kappa shape index (κ1) is 29.6. The SMILES string of the molecule is C=C1C=C2/C(=c3\cccc(OCCOC(C)C)c3=C(C)CC)N(C)CC(C(C)(C)C)N2C=C1C(=C)OCC. The van der Waals surface area contributed by atoms with Crippen LogP contribution in [-0.4, -0.2) is 55.4 Å². The first-order valence-corrected chi connectivity index (χ1v) is 13.9. The fraction of sp³-hybridized carbons (Fsp3) is 0.515. The number of hydrogen-bond donors (Lipinski definition) is 0. The largest absolute Gasteiger partial charge is 0.494 e. The second-order valence-corrected chi connectivity index (χ2v) is 11.6. The van der Waals surface area contributed by atoms with Crippen molar-refractivity contribution in [3.05, 3.63) is 76.7 Å². The van der Waals surface area contributed by atoms with E-state index in [2.05, 4.69) is 95.1 Å². The van der Waals surface area contributed by atoms with E-state index < -0.39 is 0 Å². The lowest BCUT2D eigenvalue weighted by atomic mass is 9.82. The summed E-state index contributed by atoms with van der Waals surface area (Å²) in [5.74, 6) is 1.56. The Morgan fingerprint density at radius 3 is 2.47 bits per heavy atom. The van der Waals surface area contributed by atoms with E-state index in [1.165, 1.54) is 16.5 Å². The molecule has 2 heterocycles. The highest BCUT2D eigenvalue weighted by atomic mass is 16.5. The molecule has 0 bridgehead atoms. The molecule has 2 aliphatic heterocycles. The summed E-state index contributed by atoms with van der Waals surface area (Å²) < 4.78 is 17.8. The summed E-state index contributed by atoms with van der Waals surface area (Å²) in [5.41, 5.74) is 5.51. The molecular formula is C33H48N2O3.